The maximum atomic E-state index is 12.9. The number of carbonyl (C=O) groups excluding carboxylic acids is 2. The summed E-state index contributed by atoms with van der Waals surface area (Å²) in [6.07, 6.45) is 1.61. The molecule has 0 unspecified atom stereocenters. The van der Waals surface area contributed by atoms with Gasteiger partial charge in [-0.1, -0.05) is 41.9 Å². The van der Waals surface area contributed by atoms with E-state index >= 15 is 0 Å². The molecule has 0 aromatic heterocycles. The van der Waals surface area contributed by atoms with E-state index in [0.717, 1.165) is 11.3 Å². The van der Waals surface area contributed by atoms with Gasteiger partial charge in [-0.05, 0) is 67.1 Å². The Labute approximate surface area is 180 Å². The Morgan fingerprint density at radius 2 is 1.60 bits per heavy atom. The summed E-state index contributed by atoms with van der Waals surface area (Å²) in [4.78, 5) is 25.5. The van der Waals surface area contributed by atoms with Crippen LogP contribution in [0, 0.1) is 0 Å². The zero-order valence-electron chi connectivity index (χ0n) is 16.4. The van der Waals surface area contributed by atoms with Gasteiger partial charge >= 0.3 is 0 Å². The number of benzene rings is 3. The normalized spacial score (nSPS) is 10.9. The molecule has 3 rings (SSSR count). The van der Waals surface area contributed by atoms with E-state index in [1.165, 1.54) is 0 Å². The van der Waals surface area contributed by atoms with E-state index in [-0.39, 0.29) is 11.6 Å². The van der Waals surface area contributed by atoms with Crippen molar-refractivity contribution in [2.75, 3.05) is 11.9 Å². The summed E-state index contributed by atoms with van der Waals surface area (Å²) in [5.74, 6) is -0.0929. The Morgan fingerprint density at radius 1 is 0.933 bits per heavy atom. The van der Waals surface area contributed by atoms with E-state index < -0.39 is 5.91 Å². The van der Waals surface area contributed by atoms with Crippen molar-refractivity contribution in [1.29, 1.82) is 0 Å². The average Bonchev–Trinajstić information content (AvgIpc) is 2.77. The Bertz CT molecular complexity index is 1030. The summed E-state index contributed by atoms with van der Waals surface area (Å²) in [5, 5.41) is 6.04. The van der Waals surface area contributed by atoms with Gasteiger partial charge in [0.25, 0.3) is 11.8 Å². The van der Waals surface area contributed by atoms with Gasteiger partial charge in [-0.15, -0.1) is 0 Å². The summed E-state index contributed by atoms with van der Waals surface area (Å²) >= 11 is 5.90. The molecule has 152 valence electrons. The zero-order chi connectivity index (χ0) is 21.3. The molecule has 6 heteroatoms. The van der Waals surface area contributed by atoms with Crippen LogP contribution in [0.25, 0.3) is 6.08 Å². The minimum Gasteiger partial charge on any atom is -0.494 e. The van der Waals surface area contributed by atoms with Gasteiger partial charge in [-0.25, -0.2) is 0 Å². The summed E-state index contributed by atoms with van der Waals surface area (Å²) < 4.78 is 5.44. The van der Waals surface area contributed by atoms with Gasteiger partial charge in [0.1, 0.15) is 11.4 Å². The van der Waals surface area contributed by atoms with E-state index in [1.54, 1.807) is 54.6 Å². The number of amides is 2. The second-order valence-electron chi connectivity index (χ2n) is 6.34. The lowest BCUT2D eigenvalue weighted by atomic mass is 10.1. The highest BCUT2D eigenvalue weighted by Gasteiger charge is 2.15. The predicted molar refractivity (Wildman–Crippen MR) is 120 cm³/mol. The van der Waals surface area contributed by atoms with Crippen molar-refractivity contribution in [3.63, 3.8) is 0 Å². The molecule has 0 saturated heterocycles. The van der Waals surface area contributed by atoms with Crippen LogP contribution in [0.1, 0.15) is 22.8 Å². The summed E-state index contributed by atoms with van der Waals surface area (Å²) in [6, 6.07) is 22.7. The van der Waals surface area contributed by atoms with Crippen LogP contribution in [-0.4, -0.2) is 18.4 Å². The molecule has 5 nitrogen and oxygen atoms in total. The van der Waals surface area contributed by atoms with Gasteiger partial charge in [0.15, 0.2) is 0 Å². The fourth-order valence-electron chi connectivity index (χ4n) is 2.67. The number of halogens is 1. The Morgan fingerprint density at radius 3 is 2.23 bits per heavy atom. The van der Waals surface area contributed by atoms with Crippen molar-refractivity contribution in [2.24, 2.45) is 0 Å². The minimum absolute atomic E-state index is 0.114. The lowest BCUT2D eigenvalue weighted by Crippen LogP contribution is -2.30. The predicted octanol–water partition coefficient (Wildman–Crippen LogP) is 5.15. The molecule has 0 fully saturated rings. The molecule has 2 amide bonds. The second kappa shape index (κ2) is 10.3. The molecule has 0 aliphatic heterocycles. The van der Waals surface area contributed by atoms with Crippen LogP contribution in [0.4, 0.5) is 5.69 Å². The van der Waals surface area contributed by atoms with Gasteiger partial charge < -0.3 is 15.4 Å². The molecule has 0 aliphatic carbocycles. The number of anilines is 1. The monoisotopic (exact) mass is 420 g/mol. The van der Waals surface area contributed by atoms with Crippen LogP contribution in [0.2, 0.25) is 5.02 Å². The fraction of sp³-hybridized carbons (Fsp3) is 0.0833. The van der Waals surface area contributed by atoms with Gasteiger partial charge in [0, 0.05) is 16.3 Å². The first-order chi connectivity index (χ1) is 14.5. The van der Waals surface area contributed by atoms with Crippen molar-refractivity contribution >= 4 is 35.2 Å². The average molecular weight is 421 g/mol. The third-order valence-corrected chi connectivity index (χ3v) is 4.38. The van der Waals surface area contributed by atoms with Gasteiger partial charge in [-0.3, -0.25) is 9.59 Å². The van der Waals surface area contributed by atoms with Crippen molar-refractivity contribution in [3.05, 3.63) is 101 Å². The van der Waals surface area contributed by atoms with E-state index in [1.807, 2.05) is 37.3 Å². The van der Waals surface area contributed by atoms with E-state index in [0.29, 0.717) is 22.9 Å². The van der Waals surface area contributed by atoms with E-state index in [9.17, 15) is 9.59 Å². The molecule has 2 N–H and O–H groups in total. The maximum Gasteiger partial charge on any atom is 0.272 e. The number of hydrogen-bond donors (Lipinski definition) is 2. The van der Waals surface area contributed by atoms with Gasteiger partial charge in [-0.2, -0.15) is 0 Å². The number of rotatable bonds is 7. The quantitative estimate of drug-likeness (QED) is 0.519. The SMILES string of the molecule is CCOc1ccc(/C=C(/NC(=O)c2ccccc2)C(=O)Nc2ccc(Cl)cc2)cc1. The molecular formula is C24H21ClN2O3. The lowest BCUT2D eigenvalue weighted by Gasteiger charge is -2.12. The molecule has 0 bridgehead atoms. The highest BCUT2D eigenvalue weighted by Crippen LogP contribution is 2.17. The number of hydrogen-bond acceptors (Lipinski definition) is 3. The summed E-state index contributed by atoms with van der Waals surface area (Å²) in [5.41, 5.74) is 1.88. The third kappa shape index (κ3) is 5.96. The first kappa shape index (κ1) is 21.1. The molecule has 0 saturated carbocycles. The van der Waals surface area contributed by atoms with E-state index in [4.69, 9.17) is 16.3 Å². The van der Waals surface area contributed by atoms with E-state index in [2.05, 4.69) is 10.6 Å². The topological polar surface area (TPSA) is 67.4 Å². The molecule has 0 spiro atoms. The van der Waals surface area contributed by atoms with Crippen LogP contribution in [0.5, 0.6) is 5.75 Å². The Balaban J connectivity index is 1.85. The third-order valence-electron chi connectivity index (χ3n) is 4.13. The fourth-order valence-corrected chi connectivity index (χ4v) is 2.79. The second-order valence-corrected chi connectivity index (χ2v) is 6.78. The maximum absolute atomic E-state index is 12.9. The zero-order valence-corrected chi connectivity index (χ0v) is 17.1. The molecule has 3 aromatic rings. The molecule has 0 heterocycles. The van der Waals surface area contributed by atoms with Crippen molar-refractivity contribution < 1.29 is 14.3 Å². The Kier molecular flexibility index (Phi) is 7.24. The molecule has 3 aromatic carbocycles. The smallest absolute Gasteiger partial charge is 0.272 e. The van der Waals surface area contributed by atoms with Crippen LogP contribution in [0.15, 0.2) is 84.6 Å². The molecule has 0 atom stereocenters. The van der Waals surface area contributed by atoms with Crippen LogP contribution < -0.4 is 15.4 Å². The number of ether oxygens (including phenoxy) is 1. The Hall–Kier alpha value is -3.57. The summed E-state index contributed by atoms with van der Waals surface area (Å²) in [7, 11) is 0. The molecule has 30 heavy (non-hydrogen) atoms. The lowest BCUT2D eigenvalue weighted by molar-refractivity contribution is -0.113. The molecule has 0 radical (unpaired) electrons. The molecule has 0 aliphatic rings. The van der Waals surface area contributed by atoms with Gasteiger partial charge in [0.05, 0.1) is 6.61 Å². The van der Waals surface area contributed by atoms with Crippen molar-refractivity contribution in [3.8, 4) is 5.75 Å². The van der Waals surface area contributed by atoms with Crippen LogP contribution in [0.3, 0.4) is 0 Å². The first-order valence-electron chi connectivity index (χ1n) is 9.43. The standard InChI is InChI=1S/C24H21ClN2O3/c1-2-30-21-14-8-17(9-15-21)16-22(27-23(28)18-6-4-3-5-7-18)24(29)26-20-12-10-19(25)11-13-20/h3-16H,2H2,1H3,(H,26,29)(H,27,28)/b22-16+. The first-order valence-corrected chi connectivity index (χ1v) is 9.81. The summed E-state index contributed by atoms with van der Waals surface area (Å²) in [6.45, 7) is 2.48. The highest BCUT2D eigenvalue weighted by atomic mass is 35.5. The van der Waals surface area contributed by atoms with Crippen molar-refractivity contribution in [1.82, 2.24) is 5.32 Å². The largest absolute Gasteiger partial charge is 0.494 e. The highest BCUT2D eigenvalue weighted by molar-refractivity contribution is 6.30. The van der Waals surface area contributed by atoms with Crippen LogP contribution in [-0.2, 0) is 4.79 Å². The van der Waals surface area contributed by atoms with Crippen LogP contribution >= 0.6 is 11.6 Å². The van der Waals surface area contributed by atoms with Crippen molar-refractivity contribution in [2.45, 2.75) is 6.92 Å². The number of nitrogens with one attached hydrogen (secondary N) is 2. The van der Waals surface area contributed by atoms with Gasteiger partial charge in [0.2, 0.25) is 0 Å². The molecular weight excluding hydrogens is 400 g/mol. The number of carbonyl (C=O) groups is 2. The minimum atomic E-state index is -0.449.